The Bertz CT molecular complexity index is 276. The first-order valence-electron chi connectivity index (χ1n) is 5.98. The number of rotatable bonds is 3. The van der Waals surface area contributed by atoms with Crippen LogP contribution in [0.3, 0.4) is 0 Å². The first kappa shape index (κ1) is 13.0. The van der Waals surface area contributed by atoms with Gasteiger partial charge in [0.2, 0.25) is 5.91 Å². The van der Waals surface area contributed by atoms with Crippen molar-refractivity contribution in [2.45, 2.75) is 32.7 Å². The molecule has 1 atom stereocenters. The largest absolute Gasteiger partial charge is 0.342 e. The van der Waals surface area contributed by atoms with E-state index in [1.54, 1.807) is 11.8 Å². The molecule has 0 spiro atoms. The van der Waals surface area contributed by atoms with Crippen LogP contribution in [0, 0.1) is 17.2 Å². The van der Waals surface area contributed by atoms with Crippen molar-refractivity contribution in [2.75, 3.05) is 26.7 Å². The summed E-state index contributed by atoms with van der Waals surface area (Å²) in [5.41, 5.74) is 0. The smallest absolute Gasteiger partial charge is 0.239 e. The van der Waals surface area contributed by atoms with Crippen LogP contribution in [0.15, 0.2) is 0 Å². The number of hydrogen-bond acceptors (Lipinski definition) is 3. The molecule has 1 unspecified atom stereocenters. The van der Waals surface area contributed by atoms with Gasteiger partial charge in [0.05, 0.1) is 6.07 Å². The average molecular weight is 223 g/mol. The molecule has 0 N–H and O–H groups in total. The van der Waals surface area contributed by atoms with Gasteiger partial charge in [-0.05, 0) is 26.3 Å². The number of carbonyl (C=O) groups excluding carboxylic acids is 1. The van der Waals surface area contributed by atoms with Gasteiger partial charge in [-0.25, -0.2) is 0 Å². The lowest BCUT2D eigenvalue weighted by atomic mass is 10.0. The second-order valence-electron chi connectivity index (χ2n) is 4.47. The normalized spacial score (nSPS) is 20.1. The van der Waals surface area contributed by atoms with E-state index < -0.39 is 5.92 Å². The van der Waals surface area contributed by atoms with Crippen molar-refractivity contribution in [3.63, 3.8) is 0 Å². The van der Waals surface area contributed by atoms with Gasteiger partial charge in [-0.15, -0.1) is 0 Å². The number of amides is 1. The van der Waals surface area contributed by atoms with Crippen LogP contribution in [-0.2, 0) is 4.79 Å². The highest BCUT2D eigenvalue weighted by atomic mass is 16.2. The fraction of sp³-hybridized carbons (Fsp3) is 0.833. The highest BCUT2D eigenvalue weighted by Gasteiger charge is 2.27. The number of likely N-dealkylation sites (tertiary alicyclic amines) is 1. The van der Waals surface area contributed by atoms with Gasteiger partial charge in [0.15, 0.2) is 0 Å². The van der Waals surface area contributed by atoms with Crippen LogP contribution in [0.1, 0.15) is 26.7 Å². The molecule has 0 radical (unpaired) electrons. The van der Waals surface area contributed by atoms with E-state index in [0.717, 1.165) is 32.5 Å². The zero-order valence-corrected chi connectivity index (χ0v) is 10.4. The highest BCUT2D eigenvalue weighted by Crippen LogP contribution is 2.16. The molecule has 4 nitrogen and oxygen atoms in total. The Labute approximate surface area is 97.8 Å². The summed E-state index contributed by atoms with van der Waals surface area (Å²) in [4.78, 5) is 16.0. The molecule has 1 saturated heterocycles. The zero-order valence-electron chi connectivity index (χ0n) is 10.4. The van der Waals surface area contributed by atoms with Gasteiger partial charge in [-0.2, -0.15) is 5.26 Å². The first-order valence-corrected chi connectivity index (χ1v) is 5.98. The van der Waals surface area contributed by atoms with Crippen LogP contribution in [0.25, 0.3) is 0 Å². The van der Waals surface area contributed by atoms with Crippen molar-refractivity contribution in [1.29, 1.82) is 5.26 Å². The van der Waals surface area contributed by atoms with Gasteiger partial charge in [0, 0.05) is 26.2 Å². The minimum absolute atomic E-state index is 0.0440. The molecule has 1 aliphatic rings. The topological polar surface area (TPSA) is 47.3 Å². The molecule has 0 aromatic heterocycles. The maximum absolute atomic E-state index is 11.8. The Hall–Kier alpha value is -1.08. The zero-order chi connectivity index (χ0) is 12.1. The summed E-state index contributed by atoms with van der Waals surface area (Å²) in [6.45, 7) is 7.02. The summed E-state index contributed by atoms with van der Waals surface area (Å²) in [5, 5.41) is 8.73. The predicted octanol–water partition coefficient (Wildman–Crippen LogP) is 1.09. The van der Waals surface area contributed by atoms with E-state index in [2.05, 4.69) is 11.8 Å². The Balaban J connectivity index is 2.47. The number of nitriles is 1. The van der Waals surface area contributed by atoms with Gasteiger partial charge in [-0.1, -0.05) is 6.92 Å². The Morgan fingerprint density at radius 1 is 1.56 bits per heavy atom. The molecule has 0 aromatic rings. The first-order chi connectivity index (χ1) is 7.60. The Kier molecular flexibility index (Phi) is 4.75. The molecular weight excluding hydrogens is 202 g/mol. The van der Waals surface area contributed by atoms with Gasteiger partial charge in [0.25, 0.3) is 0 Å². The van der Waals surface area contributed by atoms with Crippen molar-refractivity contribution >= 4 is 5.91 Å². The fourth-order valence-corrected chi connectivity index (χ4v) is 2.16. The van der Waals surface area contributed by atoms with Gasteiger partial charge >= 0.3 is 0 Å². The van der Waals surface area contributed by atoms with Crippen molar-refractivity contribution in [3.8, 4) is 6.07 Å². The molecule has 0 saturated carbocycles. The standard InChI is InChI=1S/C12H21N3O/c1-4-15-7-5-11(6-8-15)14(3)12(16)10(2)9-13/h10-11H,4-8H2,1-3H3. The molecule has 1 amide bonds. The minimum atomic E-state index is -0.519. The molecule has 0 aromatic carbocycles. The van der Waals surface area contributed by atoms with Crippen LogP contribution in [-0.4, -0.2) is 48.4 Å². The summed E-state index contributed by atoms with van der Waals surface area (Å²) < 4.78 is 0. The van der Waals surface area contributed by atoms with E-state index in [1.807, 2.05) is 13.1 Å². The quantitative estimate of drug-likeness (QED) is 0.719. The van der Waals surface area contributed by atoms with E-state index in [4.69, 9.17) is 5.26 Å². The maximum Gasteiger partial charge on any atom is 0.239 e. The van der Waals surface area contributed by atoms with Gasteiger partial charge in [-0.3, -0.25) is 4.79 Å². The van der Waals surface area contributed by atoms with Crippen LogP contribution in [0.5, 0.6) is 0 Å². The van der Waals surface area contributed by atoms with Crippen LogP contribution >= 0.6 is 0 Å². The second-order valence-corrected chi connectivity index (χ2v) is 4.47. The third-order valence-electron chi connectivity index (χ3n) is 3.46. The molecule has 0 bridgehead atoms. The number of nitrogens with zero attached hydrogens (tertiary/aromatic N) is 3. The monoisotopic (exact) mass is 223 g/mol. The lowest BCUT2D eigenvalue weighted by Gasteiger charge is -2.36. The summed E-state index contributed by atoms with van der Waals surface area (Å²) in [7, 11) is 1.82. The minimum Gasteiger partial charge on any atom is -0.342 e. The third kappa shape index (κ3) is 2.96. The molecule has 1 heterocycles. The molecule has 16 heavy (non-hydrogen) atoms. The number of piperidine rings is 1. The number of hydrogen-bond donors (Lipinski definition) is 0. The molecule has 4 heteroatoms. The van der Waals surface area contributed by atoms with Gasteiger partial charge < -0.3 is 9.80 Å². The summed E-state index contributed by atoms with van der Waals surface area (Å²) in [6.07, 6.45) is 2.04. The predicted molar refractivity (Wildman–Crippen MR) is 62.7 cm³/mol. The lowest BCUT2D eigenvalue weighted by molar-refractivity contribution is -0.134. The van der Waals surface area contributed by atoms with E-state index in [1.165, 1.54) is 0 Å². The molecule has 1 rings (SSSR count). The van der Waals surface area contributed by atoms with E-state index in [0.29, 0.717) is 6.04 Å². The van der Waals surface area contributed by atoms with Crippen molar-refractivity contribution in [3.05, 3.63) is 0 Å². The summed E-state index contributed by atoms with van der Waals surface area (Å²) in [5.74, 6) is -0.563. The van der Waals surface area contributed by atoms with Crippen LogP contribution in [0.2, 0.25) is 0 Å². The molecule has 1 fully saturated rings. The molecular formula is C12H21N3O. The lowest BCUT2D eigenvalue weighted by Crippen LogP contribution is -2.46. The maximum atomic E-state index is 11.8. The molecule has 0 aliphatic carbocycles. The van der Waals surface area contributed by atoms with Crippen LogP contribution in [0.4, 0.5) is 0 Å². The van der Waals surface area contributed by atoms with Gasteiger partial charge in [0.1, 0.15) is 5.92 Å². The van der Waals surface area contributed by atoms with E-state index in [-0.39, 0.29) is 5.91 Å². The second kappa shape index (κ2) is 5.86. The average Bonchev–Trinajstić information content (AvgIpc) is 2.36. The summed E-state index contributed by atoms with van der Waals surface area (Å²) >= 11 is 0. The van der Waals surface area contributed by atoms with E-state index in [9.17, 15) is 4.79 Å². The Morgan fingerprint density at radius 2 is 2.12 bits per heavy atom. The molecule has 1 aliphatic heterocycles. The molecule has 90 valence electrons. The fourth-order valence-electron chi connectivity index (χ4n) is 2.16. The SMILES string of the molecule is CCN1CCC(N(C)C(=O)C(C)C#N)CC1. The van der Waals surface area contributed by atoms with Crippen molar-refractivity contribution in [1.82, 2.24) is 9.80 Å². The van der Waals surface area contributed by atoms with Crippen LogP contribution < -0.4 is 0 Å². The highest BCUT2D eigenvalue weighted by molar-refractivity contribution is 5.80. The Morgan fingerprint density at radius 3 is 2.56 bits per heavy atom. The summed E-state index contributed by atoms with van der Waals surface area (Å²) in [6, 6.07) is 2.31. The van der Waals surface area contributed by atoms with Crippen molar-refractivity contribution < 1.29 is 4.79 Å². The number of carbonyl (C=O) groups is 1. The van der Waals surface area contributed by atoms with Crippen molar-refractivity contribution in [2.24, 2.45) is 5.92 Å². The third-order valence-corrected chi connectivity index (χ3v) is 3.46. The van der Waals surface area contributed by atoms with E-state index >= 15 is 0 Å².